The molecule has 26 heavy (non-hydrogen) atoms. The number of fused-ring (bicyclic) bond motifs is 1. The standard InChI is InChI=1S/C21H19NO3S/c1-22(2)17-8-4-14(5-9-17)19(23)11-7-16-12-15-6-10-18(26-3)13-20(15)25-21(16)24/h4-13H,1-3H3/b11-7+. The summed E-state index contributed by atoms with van der Waals surface area (Å²) in [4.78, 5) is 27.5. The molecule has 0 fully saturated rings. The van der Waals surface area contributed by atoms with Crippen molar-refractivity contribution >= 4 is 40.3 Å². The van der Waals surface area contributed by atoms with Gasteiger partial charge in [-0.1, -0.05) is 6.07 Å². The Balaban J connectivity index is 1.86. The number of allylic oxidation sites excluding steroid dienone is 1. The van der Waals surface area contributed by atoms with Gasteiger partial charge in [0.25, 0.3) is 0 Å². The third kappa shape index (κ3) is 3.89. The van der Waals surface area contributed by atoms with Crippen LogP contribution in [-0.4, -0.2) is 26.1 Å². The highest BCUT2D eigenvalue weighted by atomic mass is 32.2. The molecular weight excluding hydrogens is 346 g/mol. The Hall–Kier alpha value is -2.79. The van der Waals surface area contributed by atoms with Gasteiger partial charge < -0.3 is 9.32 Å². The Morgan fingerprint density at radius 2 is 1.81 bits per heavy atom. The molecule has 0 aliphatic rings. The van der Waals surface area contributed by atoms with Crippen LogP contribution in [0.2, 0.25) is 0 Å². The zero-order valence-electron chi connectivity index (χ0n) is 14.9. The lowest BCUT2D eigenvalue weighted by Crippen LogP contribution is -2.08. The third-order valence-corrected chi connectivity index (χ3v) is 4.78. The fourth-order valence-electron chi connectivity index (χ4n) is 2.54. The zero-order chi connectivity index (χ0) is 18.7. The predicted octanol–water partition coefficient (Wildman–Crippen LogP) is 4.48. The van der Waals surface area contributed by atoms with Crippen molar-refractivity contribution in [2.75, 3.05) is 25.3 Å². The molecule has 0 radical (unpaired) electrons. The van der Waals surface area contributed by atoms with E-state index in [0.717, 1.165) is 16.0 Å². The molecule has 0 spiro atoms. The second-order valence-corrected chi connectivity index (χ2v) is 6.91. The highest BCUT2D eigenvalue weighted by Gasteiger charge is 2.06. The molecular formula is C21H19NO3S. The summed E-state index contributed by atoms with van der Waals surface area (Å²) in [7, 11) is 3.88. The molecule has 5 heteroatoms. The average molecular weight is 365 g/mol. The first-order valence-corrected chi connectivity index (χ1v) is 9.32. The van der Waals surface area contributed by atoms with Gasteiger partial charge in [0.2, 0.25) is 0 Å². The normalized spacial score (nSPS) is 11.2. The van der Waals surface area contributed by atoms with Gasteiger partial charge in [0.05, 0.1) is 5.56 Å². The summed E-state index contributed by atoms with van der Waals surface area (Å²) in [5.41, 5.74) is 2.03. The average Bonchev–Trinajstić information content (AvgIpc) is 2.65. The van der Waals surface area contributed by atoms with Crippen LogP contribution in [0.5, 0.6) is 0 Å². The lowest BCUT2D eigenvalue weighted by atomic mass is 10.1. The van der Waals surface area contributed by atoms with Crippen LogP contribution in [0.4, 0.5) is 5.69 Å². The van der Waals surface area contributed by atoms with E-state index in [1.807, 2.05) is 55.6 Å². The fraction of sp³-hybridized carbons (Fsp3) is 0.143. The van der Waals surface area contributed by atoms with Gasteiger partial charge in [-0.05, 0) is 60.9 Å². The molecule has 0 saturated carbocycles. The van der Waals surface area contributed by atoms with Gasteiger partial charge in [0, 0.05) is 35.6 Å². The number of thioether (sulfide) groups is 1. The number of carbonyl (C=O) groups excluding carboxylic acids is 1. The first kappa shape index (κ1) is 18.0. The van der Waals surface area contributed by atoms with Crippen molar-refractivity contribution in [1.29, 1.82) is 0 Å². The molecule has 0 amide bonds. The third-order valence-electron chi connectivity index (χ3n) is 4.05. The van der Waals surface area contributed by atoms with E-state index in [1.165, 1.54) is 12.2 Å². The van der Waals surface area contributed by atoms with Crippen LogP contribution in [0.15, 0.2) is 68.7 Å². The Morgan fingerprint density at radius 3 is 2.46 bits per heavy atom. The minimum Gasteiger partial charge on any atom is -0.422 e. The maximum absolute atomic E-state index is 12.3. The summed E-state index contributed by atoms with van der Waals surface area (Å²) in [6.45, 7) is 0. The molecule has 0 atom stereocenters. The Kier molecular flexibility index (Phi) is 5.28. The summed E-state index contributed by atoms with van der Waals surface area (Å²) < 4.78 is 5.38. The quantitative estimate of drug-likeness (QED) is 0.289. The Bertz CT molecular complexity index is 1030. The van der Waals surface area contributed by atoms with Crippen LogP contribution in [-0.2, 0) is 0 Å². The van der Waals surface area contributed by atoms with Crippen LogP contribution < -0.4 is 10.5 Å². The van der Waals surface area contributed by atoms with E-state index in [1.54, 1.807) is 30.0 Å². The van der Waals surface area contributed by atoms with Crippen molar-refractivity contribution in [3.05, 3.63) is 76.2 Å². The molecule has 132 valence electrons. The van der Waals surface area contributed by atoms with E-state index in [4.69, 9.17) is 4.42 Å². The largest absolute Gasteiger partial charge is 0.422 e. The first-order chi connectivity index (χ1) is 12.5. The van der Waals surface area contributed by atoms with Gasteiger partial charge in [-0.25, -0.2) is 4.79 Å². The van der Waals surface area contributed by atoms with Crippen molar-refractivity contribution in [3.63, 3.8) is 0 Å². The van der Waals surface area contributed by atoms with Crippen molar-refractivity contribution in [2.24, 2.45) is 0 Å². The summed E-state index contributed by atoms with van der Waals surface area (Å²) in [5.74, 6) is -0.160. The molecule has 2 aromatic carbocycles. The fourth-order valence-corrected chi connectivity index (χ4v) is 2.97. The second-order valence-electron chi connectivity index (χ2n) is 6.03. The molecule has 1 heterocycles. The van der Waals surface area contributed by atoms with Gasteiger partial charge in [-0.3, -0.25) is 4.79 Å². The number of hydrogen-bond acceptors (Lipinski definition) is 5. The number of rotatable bonds is 5. The predicted molar refractivity (Wildman–Crippen MR) is 108 cm³/mol. The number of carbonyl (C=O) groups is 1. The topological polar surface area (TPSA) is 50.5 Å². The molecule has 1 aromatic heterocycles. The summed E-state index contributed by atoms with van der Waals surface area (Å²) >= 11 is 1.58. The van der Waals surface area contributed by atoms with E-state index < -0.39 is 5.63 Å². The molecule has 0 N–H and O–H groups in total. The maximum atomic E-state index is 12.3. The highest BCUT2D eigenvalue weighted by Crippen LogP contribution is 2.22. The van der Waals surface area contributed by atoms with E-state index in [2.05, 4.69) is 0 Å². The van der Waals surface area contributed by atoms with E-state index in [0.29, 0.717) is 16.7 Å². The van der Waals surface area contributed by atoms with Gasteiger partial charge in [0.15, 0.2) is 5.78 Å². The number of ketones is 1. The summed E-state index contributed by atoms with van der Waals surface area (Å²) in [6.07, 6.45) is 4.88. The summed E-state index contributed by atoms with van der Waals surface area (Å²) in [5, 5.41) is 0.824. The van der Waals surface area contributed by atoms with Crippen LogP contribution in [0.25, 0.3) is 17.0 Å². The molecule has 0 bridgehead atoms. The molecule has 0 saturated heterocycles. The molecule has 0 aliphatic heterocycles. The minimum atomic E-state index is -0.456. The summed E-state index contributed by atoms with van der Waals surface area (Å²) in [6, 6.07) is 14.8. The molecule has 4 nitrogen and oxygen atoms in total. The zero-order valence-corrected chi connectivity index (χ0v) is 15.7. The van der Waals surface area contributed by atoms with E-state index in [9.17, 15) is 9.59 Å². The van der Waals surface area contributed by atoms with Gasteiger partial charge in [-0.15, -0.1) is 11.8 Å². The molecule has 3 aromatic rings. The molecule has 3 rings (SSSR count). The second kappa shape index (κ2) is 7.62. The maximum Gasteiger partial charge on any atom is 0.343 e. The van der Waals surface area contributed by atoms with Crippen molar-refractivity contribution in [1.82, 2.24) is 0 Å². The van der Waals surface area contributed by atoms with Gasteiger partial charge in [0.1, 0.15) is 5.58 Å². The van der Waals surface area contributed by atoms with E-state index in [-0.39, 0.29) is 5.78 Å². The Labute approximate surface area is 156 Å². The van der Waals surface area contributed by atoms with Crippen LogP contribution >= 0.6 is 11.8 Å². The van der Waals surface area contributed by atoms with Gasteiger partial charge in [-0.2, -0.15) is 0 Å². The van der Waals surface area contributed by atoms with Gasteiger partial charge >= 0.3 is 5.63 Å². The van der Waals surface area contributed by atoms with Crippen LogP contribution in [0.3, 0.4) is 0 Å². The number of anilines is 1. The van der Waals surface area contributed by atoms with Crippen LogP contribution in [0.1, 0.15) is 15.9 Å². The lowest BCUT2D eigenvalue weighted by molar-refractivity contribution is 0.104. The number of benzene rings is 2. The first-order valence-electron chi connectivity index (χ1n) is 8.09. The molecule has 0 unspecified atom stereocenters. The smallest absolute Gasteiger partial charge is 0.343 e. The highest BCUT2D eigenvalue weighted by molar-refractivity contribution is 7.98. The SMILES string of the molecule is CSc1ccc2cc(/C=C/C(=O)c3ccc(N(C)C)cc3)c(=O)oc2c1. The van der Waals surface area contributed by atoms with Crippen molar-refractivity contribution in [2.45, 2.75) is 4.90 Å². The molecule has 0 aliphatic carbocycles. The van der Waals surface area contributed by atoms with Crippen LogP contribution in [0, 0.1) is 0 Å². The lowest BCUT2D eigenvalue weighted by Gasteiger charge is -2.11. The minimum absolute atomic E-state index is 0.160. The van der Waals surface area contributed by atoms with Crippen molar-refractivity contribution in [3.8, 4) is 0 Å². The monoisotopic (exact) mass is 365 g/mol. The van der Waals surface area contributed by atoms with Crippen molar-refractivity contribution < 1.29 is 9.21 Å². The van der Waals surface area contributed by atoms with E-state index >= 15 is 0 Å². The number of nitrogens with zero attached hydrogens (tertiary/aromatic N) is 1. The Morgan fingerprint density at radius 1 is 1.08 bits per heavy atom. The number of hydrogen-bond donors (Lipinski definition) is 0.